The molecule has 21 heavy (non-hydrogen) atoms. The van der Waals surface area contributed by atoms with E-state index in [-0.39, 0.29) is 0 Å². The Balaban J connectivity index is 3.01. The predicted molar refractivity (Wildman–Crippen MR) is 94.3 cm³/mol. The Labute approximate surface area is 133 Å². The monoisotopic (exact) mass is 291 g/mol. The molecule has 1 nitrogen and oxygen atoms in total. The zero-order chi connectivity index (χ0) is 15.4. The summed E-state index contributed by atoms with van der Waals surface area (Å²) in [5.74, 6) is 0. The average molecular weight is 292 g/mol. The molecule has 0 heterocycles. The lowest BCUT2D eigenvalue weighted by molar-refractivity contribution is 0.545. The second-order valence-electron chi connectivity index (χ2n) is 6.20. The molecule has 0 saturated heterocycles. The van der Waals surface area contributed by atoms with Gasteiger partial charge in [-0.25, -0.2) is 0 Å². The van der Waals surface area contributed by atoms with Gasteiger partial charge in [-0.15, -0.1) is 0 Å². The second kappa shape index (κ2) is 19.2. The van der Waals surface area contributed by atoms with Crippen LogP contribution in [0, 0.1) is 11.3 Å². The first kappa shape index (κ1) is 20.2. The third kappa shape index (κ3) is 19.2. The molecule has 0 aromatic rings. The van der Waals surface area contributed by atoms with Gasteiger partial charge < -0.3 is 0 Å². The number of unbranched alkanes of at least 4 members (excludes halogenated alkanes) is 14. The highest BCUT2D eigenvalue weighted by Gasteiger charge is 1.92. The zero-order valence-corrected chi connectivity index (χ0v) is 14.4. The van der Waals surface area contributed by atoms with Crippen LogP contribution in [0.2, 0.25) is 0 Å². The highest BCUT2D eigenvalue weighted by Crippen LogP contribution is 2.12. The first-order valence-electron chi connectivity index (χ1n) is 9.43. The summed E-state index contributed by atoms with van der Waals surface area (Å²) in [5, 5.41) is 8.42. The van der Waals surface area contributed by atoms with Crippen molar-refractivity contribution in [2.75, 3.05) is 0 Å². The molecule has 0 aliphatic heterocycles. The van der Waals surface area contributed by atoms with Crippen LogP contribution in [0.15, 0.2) is 12.2 Å². The van der Waals surface area contributed by atoms with Gasteiger partial charge in [-0.1, -0.05) is 89.7 Å². The molecule has 0 rings (SSSR count). The molecule has 122 valence electrons. The van der Waals surface area contributed by atoms with E-state index in [2.05, 4.69) is 25.1 Å². The Kier molecular flexibility index (Phi) is 18.5. The Morgan fingerprint density at radius 1 is 0.619 bits per heavy atom. The van der Waals surface area contributed by atoms with Gasteiger partial charge in [0.1, 0.15) is 0 Å². The van der Waals surface area contributed by atoms with Crippen molar-refractivity contribution < 1.29 is 0 Å². The van der Waals surface area contributed by atoms with Gasteiger partial charge >= 0.3 is 0 Å². The summed E-state index contributed by atoms with van der Waals surface area (Å²) >= 11 is 0. The van der Waals surface area contributed by atoms with Crippen molar-refractivity contribution in [1.82, 2.24) is 0 Å². The summed E-state index contributed by atoms with van der Waals surface area (Å²) in [6.07, 6.45) is 25.6. The molecule has 1 heteroatoms. The van der Waals surface area contributed by atoms with Gasteiger partial charge in [-0.3, -0.25) is 0 Å². The lowest BCUT2D eigenvalue weighted by Crippen LogP contribution is -1.82. The van der Waals surface area contributed by atoms with E-state index in [1.807, 2.05) is 0 Å². The molecular weight excluding hydrogens is 254 g/mol. The number of rotatable bonds is 16. The normalized spacial score (nSPS) is 11.0. The number of nitrogens with zero attached hydrogens (tertiary/aromatic N) is 1. The number of hydrogen-bond donors (Lipinski definition) is 0. The van der Waals surface area contributed by atoms with E-state index in [0.29, 0.717) is 6.42 Å². The van der Waals surface area contributed by atoms with Crippen LogP contribution in [0.4, 0.5) is 0 Å². The minimum atomic E-state index is 0.697. The topological polar surface area (TPSA) is 23.8 Å². The maximum Gasteiger partial charge on any atom is 0.0621 e. The van der Waals surface area contributed by atoms with Crippen molar-refractivity contribution in [3.8, 4) is 6.07 Å². The minimum absolute atomic E-state index is 0.697. The second-order valence-corrected chi connectivity index (χ2v) is 6.20. The van der Waals surface area contributed by atoms with E-state index in [1.165, 1.54) is 83.5 Å². The van der Waals surface area contributed by atoms with E-state index in [0.717, 1.165) is 12.8 Å². The van der Waals surface area contributed by atoms with E-state index in [1.54, 1.807) is 0 Å². The molecule has 0 radical (unpaired) electrons. The Morgan fingerprint density at radius 3 is 1.52 bits per heavy atom. The van der Waals surface area contributed by atoms with Crippen molar-refractivity contribution in [1.29, 1.82) is 5.26 Å². The van der Waals surface area contributed by atoms with Gasteiger partial charge in [0.25, 0.3) is 0 Å². The molecule has 0 fully saturated rings. The molecule has 0 atom stereocenters. The van der Waals surface area contributed by atoms with Crippen LogP contribution in [0.1, 0.15) is 110 Å². The van der Waals surface area contributed by atoms with Gasteiger partial charge in [0.05, 0.1) is 6.07 Å². The van der Waals surface area contributed by atoms with Crippen molar-refractivity contribution in [2.24, 2.45) is 0 Å². The fourth-order valence-corrected chi connectivity index (χ4v) is 2.64. The fraction of sp³-hybridized carbons (Fsp3) is 0.850. The highest BCUT2D eigenvalue weighted by molar-refractivity contribution is 4.82. The van der Waals surface area contributed by atoms with Crippen LogP contribution < -0.4 is 0 Å². The molecule has 0 aliphatic rings. The van der Waals surface area contributed by atoms with Gasteiger partial charge in [0.2, 0.25) is 0 Å². The van der Waals surface area contributed by atoms with E-state index < -0.39 is 0 Å². The van der Waals surface area contributed by atoms with Gasteiger partial charge in [0.15, 0.2) is 0 Å². The lowest BCUT2D eigenvalue weighted by Gasteiger charge is -2.02. The van der Waals surface area contributed by atoms with Crippen LogP contribution >= 0.6 is 0 Å². The maximum absolute atomic E-state index is 8.42. The molecule has 0 amide bonds. The standard InChI is InChI=1S/C20H37N/c1-2-3-4-5-6-7-8-9-10-11-12-13-14-15-16-17-18-19-20-21/h15-16H,2-14,17-19H2,1H3. The van der Waals surface area contributed by atoms with Crippen molar-refractivity contribution >= 4 is 0 Å². The lowest BCUT2D eigenvalue weighted by atomic mass is 10.0. The maximum atomic E-state index is 8.42. The number of nitriles is 1. The third-order valence-corrected chi connectivity index (χ3v) is 4.05. The zero-order valence-electron chi connectivity index (χ0n) is 14.4. The van der Waals surface area contributed by atoms with Crippen LogP contribution in [0.3, 0.4) is 0 Å². The molecule has 0 aromatic heterocycles. The van der Waals surface area contributed by atoms with Gasteiger partial charge in [-0.05, 0) is 25.7 Å². The van der Waals surface area contributed by atoms with Crippen molar-refractivity contribution in [3.63, 3.8) is 0 Å². The van der Waals surface area contributed by atoms with E-state index in [4.69, 9.17) is 5.26 Å². The molecule has 0 bridgehead atoms. The first-order valence-corrected chi connectivity index (χ1v) is 9.43. The van der Waals surface area contributed by atoms with Gasteiger partial charge in [-0.2, -0.15) is 5.26 Å². The van der Waals surface area contributed by atoms with E-state index >= 15 is 0 Å². The highest BCUT2D eigenvalue weighted by atomic mass is 14.2. The number of allylic oxidation sites excluding steroid dienone is 2. The fourth-order valence-electron chi connectivity index (χ4n) is 2.64. The average Bonchev–Trinajstić information content (AvgIpc) is 2.50. The largest absolute Gasteiger partial charge is 0.198 e. The summed E-state index contributed by atoms with van der Waals surface area (Å²) in [7, 11) is 0. The van der Waals surface area contributed by atoms with Crippen LogP contribution in [-0.2, 0) is 0 Å². The summed E-state index contributed by atoms with van der Waals surface area (Å²) in [4.78, 5) is 0. The Bertz CT molecular complexity index is 249. The smallest absolute Gasteiger partial charge is 0.0621 e. The quantitative estimate of drug-likeness (QED) is 0.216. The Hall–Kier alpha value is -0.770. The number of hydrogen-bond acceptors (Lipinski definition) is 1. The minimum Gasteiger partial charge on any atom is -0.198 e. The summed E-state index contributed by atoms with van der Waals surface area (Å²) in [6, 6.07) is 2.19. The molecule has 0 unspecified atom stereocenters. The molecule has 0 aliphatic carbocycles. The Morgan fingerprint density at radius 2 is 1.05 bits per heavy atom. The molecule has 0 spiro atoms. The van der Waals surface area contributed by atoms with Crippen molar-refractivity contribution in [3.05, 3.63) is 12.2 Å². The first-order chi connectivity index (χ1) is 10.4. The summed E-state index contributed by atoms with van der Waals surface area (Å²) in [5.41, 5.74) is 0. The molecule has 0 aromatic carbocycles. The van der Waals surface area contributed by atoms with Crippen LogP contribution in [0.5, 0.6) is 0 Å². The SMILES string of the molecule is CCCCCCCCCCCCCCC=CCCCC#N. The van der Waals surface area contributed by atoms with Crippen LogP contribution in [-0.4, -0.2) is 0 Å². The van der Waals surface area contributed by atoms with Gasteiger partial charge in [0, 0.05) is 6.42 Å². The third-order valence-electron chi connectivity index (χ3n) is 4.05. The summed E-state index contributed by atoms with van der Waals surface area (Å²) < 4.78 is 0. The molecular formula is C20H37N. The van der Waals surface area contributed by atoms with Crippen molar-refractivity contribution in [2.45, 2.75) is 110 Å². The predicted octanol–water partition coefficient (Wildman–Crippen LogP) is 7.33. The van der Waals surface area contributed by atoms with E-state index in [9.17, 15) is 0 Å². The summed E-state index contributed by atoms with van der Waals surface area (Å²) in [6.45, 7) is 2.28. The molecule has 0 N–H and O–H groups in total. The van der Waals surface area contributed by atoms with Crippen LogP contribution in [0.25, 0.3) is 0 Å². The molecule has 0 saturated carbocycles.